The van der Waals surface area contributed by atoms with Gasteiger partial charge in [0.25, 0.3) is 5.60 Å². The van der Waals surface area contributed by atoms with Crippen LogP contribution in [0.3, 0.4) is 0 Å². The number of amides is 2. The molecule has 0 aliphatic carbocycles. The molecule has 4 aromatic carbocycles. The number of hydrogen-bond donors (Lipinski definition) is 1. The fourth-order valence-corrected chi connectivity index (χ4v) is 7.61. The van der Waals surface area contributed by atoms with Crippen molar-refractivity contribution in [2.75, 3.05) is 37.4 Å². The first-order valence-electron chi connectivity index (χ1n) is 15.2. The SMILES string of the molecule is CN(C)c1ccc(NC(=O)N2CCC(c3ccc(C(OCc4c(F)cccc4F)(C(F)(F)F)C(F)(F)F)cc3)(S(=O)c3ccc(F)cc3)C2)cc1. The zero-order valence-corrected chi connectivity index (χ0v) is 27.7. The summed E-state index contributed by atoms with van der Waals surface area (Å²) in [5, 5.41) is 2.72. The third-order valence-corrected chi connectivity index (χ3v) is 10.6. The van der Waals surface area contributed by atoms with Crippen molar-refractivity contribution in [2.24, 2.45) is 0 Å². The molecule has 1 heterocycles. The predicted octanol–water partition coefficient (Wildman–Crippen LogP) is 8.65. The first-order chi connectivity index (χ1) is 23.9. The topological polar surface area (TPSA) is 61.9 Å². The van der Waals surface area contributed by atoms with Gasteiger partial charge in [-0.3, -0.25) is 4.21 Å². The molecular weight excluding hydrogens is 713 g/mol. The average Bonchev–Trinajstić information content (AvgIpc) is 3.52. The van der Waals surface area contributed by atoms with Crippen LogP contribution in [-0.4, -0.2) is 54.7 Å². The third kappa shape index (κ3) is 7.29. The number of carbonyl (C=O) groups is 1. The van der Waals surface area contributed by atoms with Gasteiger partial charge in [0, 0.05) is 54.6 Å². The van der Waals surface area contributed by atoms with Crippen molar-refractivity contribution in [3.05, 3.63) is 125 Å². The number of ether oxygens (including phenoxy) is 1. The first kappa shape index (κ1) is 37.7. The lowest BCUT2D eigenvalue weighted by Gasteiger charge is -2.38. The van der Waals surface area contributed by atoms with Crippen LogP contribution in [0.5, 0.6) is 0 Å². The molecule has 2 amide bonds. The van der Waals surface area contributed by atoms with Crippen molar-refractivity contribution in [2.45, 2.75) is 40.6 Å². The summed E-state index contributed by atoms with van der Waals surface area (Å²) in [6.45, 7) is -2.02. The van der Waals surface area contributed by atoms with Gasteiger partial charge in [0.15, 0.2) is 0 Å². The molecule has 0 bridgehead atoms. The Morgan fingerprint density at radius 1 is 0.843 bits per heavy atom. The van der Waals surface area contributed by atoms with E-state index in [2.05, 4.69) is 10.1 Å². The molecule has 2 atom stereocenters. The van der Waals surface area contributed by atoms with Crippen LogP contribution in [-0.2, 0) is 32.5 Å². The molecule has 0 aromatic heterocycles. The molecule has 0 radical (unpaired) electrons. The van der Waals surface area contributed by atoms with Crippen molar-refractivity contribution >= 4 is 28.2 Å². The van der Waals surface area contributed by atoms with Crippen molar-refractivity contribution < 1.29 is 53.3 Å². The van der Waals surface area contributed by atoms with Crippen LogP contribution in [0.25, 0.3) is 0 Å². The van der Waals surface area contributed by atoms with Crippen molar-refractivity contribution in [3.63, 3.8) is 0 Å². The number of rotatable bonds is 9. The van der Waals surface area contributed by atoms with Crippen LogP contribution >= 0.6 is 0 Å². The van der Waals surface area contributed by atoms with Gasteiger partial charge in [-0.1, -0.05) is 30.3 Å². The summed E-state index contributed by atoms with van der Waals surface area (Å²) in [6.07, 6.45) is -12.4. The zero-order chi connectivity index (χ0) is 37.4. The van der Waals surface area contributed by atoms with E-state index in [9.17, 15) is 48.5 Å². The average molecular weight is 744 g/mol. The number of halogens is 9. The number of likely N-dealkylation sites (tertiary alicyclic amines) is 1. The van der Waals surface area contributed by atoms with Crippen LogP contribution in [0.1, 0.15) is 23.1 Å². The minimum atomic E-state index is -6.17. The maximum absolute atomic E-state index is 14.5. The third-order valence-electron chi connectivity index (χ3n) is 8.65. The summed E-state index contributed by atoms with van der Waals surface area (Å²) in [6, 6.07) is 15.8. The van der Waals surface area contributed by atoms with Crippen molar-refractivity contribution in [1.82, 2.24) is 4.90 Å². The van der Waals surface area contributed by atoms with Gasteiger partial charge in [0.2, 0.25) is 0 Å². The molecule has 272 valence electrons. The van der Waals surface area contributed by atoms with Gasteiger partial charge in [-0.25, -0.2) is 18.0 Å². The fraction of sp³-hybridized carbons (Fsp3) is 0.286. The minimum Gasteiger partial charge on any atom is -0.378 e. The lowest BCUT2D eigenvalue weighted by Crippen LogP contribution is -2.56. The molecule has 0 saturated carbocycles. The predicted molar refractivity (Wildman–Crippen MR) is 172 cm³/mol. The number of nitrogens with zero attached hydrogens (tertiary/aromatic N) is 2. The molecule has 1 fully saturated rings. The van der Waals surface area contributed by atoms with Crippen LogP contribution in [0, 0.1) is 17.5 Å². The number of urea groups is 1. The Kier molecular flexibility index (Phi) is 10.5. The highest BCUT2D eigenvalue weighted by atomic mass is 32.2. The fourth-order valence-electron chi connectivity index (χ4n) is 5.87. The number of carbonyl (C=O) groups excluding carboxylic acids is 1. The Morgan fingerprint density at radius 2 is 1.41 bits per heavy atom. The van der Waals surface area contributed by atoms with E-state index in [-0.39, 0.29) is 30.0 Å². The summed E-state index contributed by atoms with van der Waals surface area (Å²) in [5.74, 6) is -3.46. The first-order valence-corrected chi connectivity index (χ1v) is 16.4. The Hall–Kier alpha value is -4.57. The Morgan fingerprint density at radius 3 is 1.94 bits per heavy atom. The number of nitrogens with one attached hydrogen (secondary N) is 1. The maximum Gasteiger partial charge on any atom is 0.430 e. The van der Waals surface area contributed by atoms with Gasteiger partial charge in [-0.2, -0.15) is 26.3 Å². The second-order valence-electron chi connectivity index (χ2n) is 12.0. The normalized spacial score (nSPS) is 17.4. The Labute approximate surface area is 289 Å². The van der Waals surface area contributed by atoms with Gasteiger partial charge in [0.05, 0.1) is 22.2 Å². The second-order valence-corrected chi connectivity index (χ2v) is 13.8. The van der Waals surface area contributed by atoms with E-state index in [0.29, 0.717) is 30.0 Å². The van der Waals surface area contributed by atoms with E-state index >= 15 is 0 Å². The van der Waals surface area contributed by atoms with E-state index < -0.39 is 74.7 Å². The highest BCUT2D eigenvalue weighted by molar-refractivity contribution is 7.86. The van der Waals surface area contributed by atoms with Crippen molar-refractivity contribution in [3.8, 4) is 0 Å². The summed E-state index contributed by atoms with van der Waals surface area (Å²) in [7, 11) is 1.54. The molecule has 1 aliphatic rings. The lowest BCUT2D eigenvalue weighted by molar-refractivity contribution is -0.392. The van der Waals surface area contributed by atoms with Gasteiger partial charge in [-0.05, 0) is 72.6 Å². The molecule has 6 nitrogen and oxygen atoms in total. The summed E-state index contributed by atoms with van der Waals surface area (Å²) in [5.41, 5.74) is -6.33. The quantitative estimate of drug-likeness (QED) is 0.175. The minimum absolute atomic E-state index is 0.0113. The molecule has 0 spiro atoms. The van der Waals surface area contributed by atoms with Crippen LogP contribution in [0.2, 0.25) is 0 Å². The van der Waals surface area contributed by atoms with E-state index in [1.807, 2.05) is 19.0 Å². The Bertz CT molecular complexity index is 1850. The molecule has 2 unspecified atom stereocenters. The van der Waals surface area contributed by atoms with Gasteiger partial charge in [-0.15, -0.1) is 0 Å². The van der Waals surface area contributed by atoms with Gasteiger partial charge >= 0.3 is 18.4 Å². The molecule has 5 rings (SSSR count). The van der Waals surface area contributed by atoms with E-state index in [4.69, 9.17) is 0 Å². The smallest absolute Gasteiger partial charge is 0.378 e. The zero-order valence-electron chi connectivity index (χ0n) is 26.9. The standard InChI is InChI=1S/C35H30F9N3O3S/c1-46(2)26-14-12-25(13-15-26)45-31(48)47-19-18-32(21-47,51(49)27-16-10-24(36)11-17-27)22-6-8-23(9-7-22)33(34(39,40)41,35(42,43)44)50-20-28-29(37)4-3-5-30(28)38/h3-17H,18-21H2,1-2H3,(H,45,48). The van der Waals surface area contributed by atoms with Crippen LogP contribution in [0.15, 0.2) is 95.9 Å². The summed E-state index contributed by atoms with van der Waals surface area (Å²) >= 11 is 0. The number of benzene rings is 4. The van der Waals surface area contributed by atoms with E-state index in [0.717, 1.165) is 36.0 Å². The van der Waals surface area contributed by atoms with Gasteiger partial charge < -0.3 is 19.9 Å². The maximum atomic E-state index is 14.5. The van der Waals surface area contributed by atoms with E-state index in [1.54, 1.807) is 24.3 Å². The molecule has 1 aliphatic heterocycles. The summed E-state index contributed by atoms with van der Waals surface area (Å²) in [4.78, 5) is 16.6. The second kappa shape index (κ2) is 14.2. The highest BCUT2D eigenvalue weighted by Crippen LogP contribution is 2.54. The lowest BCUT2D eigenvalue weighted by atomic mass is 9.88. The molecular formula is C35H30F9N3O3S. The highest BCUT2D eigenvalue weighted by Gasteiger charge is 2.73. The van der Waals surface area contributed by atoms with Gasteiger partial charge in [0.1, 0.15) is 17.5 Å². The van der Waals surface area contributed by atoms with E-state index in [1.165, 1.54) is 17.0 Å². The summed E-state index contributed by atoms with van der Waals surface area (Å²) < 4.78 is 146. The number of alkyl halides is 6. The Balaban J connectivity index is 1.53. The monoisotopic (exact) mass is 743 g/mol. The van der Waals surface area contributed by atoms with Crippen LogP contribution in [0.4, 0.5) is 55.7 Å². The van der Waals surface area contributed by atoms with Crippen LogP contribution < -0.4 is 10.2 Å². The van der Waals surface area contributed by atoms with Crippen molar-refractivity contribution in [1.29, 1.82) is 0 Å². The molecule has 1 N–H and O–H groups in total. The number of anilines is 2. The molecule has 51 heavy (non-hydrogen) atoms. The number of hydrogen-bond acceptors (Lipinski definition) is 4. The molecule has 16 heteroatoms. The largest absolute Gasteiger partial charge is 0.430 e. The molecule has 1 saturated heterocycles. The molecule has 4 aromatic rings.